The number of nitrogens with zero attached hydrogens (tertiary/aromatic N) is 3. The molecule has 0 spiro atoms. The van der Waals surface area contributed by atoms with E-state index in [-0.39, 0.29) is 12.7 Å². The van der Waals surface area contributed by atoms with Gasteiger partial charge in [0.05, 0.1) is 5.60 Å². The van der Waals surface area contributed by atoms with E-state index in [9.17, 15) is 5.11 Å². The highest BCUT2D eigenvalue weighted by molar-refractivity contribution is 5.47. The maximum atomic E-state index is 11.1. The second-order valence-corrected chi connectivity index (χ2v) is 6.31. The molecule has 0 unspecified atom stereocenters. The monoisotopic (exact) mass is 358 g/mol. The number of nitrogens with two attached hydrogens (primary N) is 1. The molecule has 2 aliphatic heterocycles. The Bertz CT molecular complexity index is 753. The first-order valence-electron chi connectivity index (χ1n) is 9.02. The summed E-state index contributed by atoms with van der Waals surface area (Å²) >= 11 is 0. The van der Waals surface area contributed by atoms with E-state index in [4.69, 9.17) is 15.2 Å². The van der Waals surface area contributed by atoms with E-state index in [1.807, 2.05) is 45.0 Å². The third-order valence-electron chi connectivity index (χ3n) is 4.68. The van der Waals surface area contributed by atoms with Gasteiger partial charge < -0.3 is 25.2 Å². The van der Waals surface area contributed by atoms with Gasteiger partial charge in [-0.2, -0.15) is 4.98 Å². The normalized spacial score (nSPS) is 17.5. The third-order valence-corrected chi connectivity index (χ3v) is 4.68. The average Bonchev–Trinajstić information content (AvgIpc) is 3.11. The number of benzene rings is 1. The van der Waals surface area contributed by atoms with Gasteiger partial charge in [0.15, 0.2) is 11.5 Å². The van der Waals surface area contributed by atoms with Crippen LogP contribution in [0.25, 0.3) is 0 Å². The smallest absolute Gasteiger partial charge is 0.231 e. The molecule has 1 aromatic carbocycles. The number of aromatic nitrogens is 2. The summed E-state index contributed by atoms with van der Waals surface area (Å²) in [5.74, 6) is 2.52. The van der Waals surface area contributed by atoms with Gasteiger partial charge in [-0.05, 0) is 37.5 Å². The molecule has 1 aromatic heterocycles. The van der Waals surface area contributed by atoms with E-state index in [0.29, 0.717) is 31.7 Å². The van der Waals surface area contributed by atoms with E-state index in [1.165, 1.54) is 0 Å². The number of nitrogen functional groups attached to an aromatic ring is 1. The fourth-order valence-corrected chi connectivity index (χ4v) is 3.32. The van der Waals surface area contributed by atoms with Gasteiger partial charge in [-0.15, -0.1) is 0 Å². The molecule has 0 amide bonds. The van der Waals surface area contributed by atoms with Gasteiger partial charge in [0, 0.05) is 24.8 Å². The molecule has 1 fully saturated rings. The quantitative estimate of drug-likeness (QED) is 0.852. The second kappa shape index (κ2) is 7.37. The number of hydrogen-bond donors (Lipinski definition) is 2. The van der Waals surface area contributed by atoms with Crippen molar-refractivity contribution in [3.63, 3.8) is 0 Å². The van der Waals surface area contributed by atoms with E-state index >= 15 is 0 Å². The Balaban J connectivity index is 0.000000948. The number of aliphatic hydroxyl groups is 1. The minimum Gasteiger partial charge on any atom is -0.454 e. The number of hydrogen-bond acceptors (Lipinski definition) is 7. The molecular weight excluding hydrogens is 332 g/mol. The van der Waals surface area contributed by atoms with Crippen molar-refractivity contribution < 1.29 is 14.6 Å². The summed E-state index contributed by atoms with van der Waals surface area (Å²) in [6.45, 7) is 7.52. The fraction of sp³-hybridized carbons (Fsp3) is 0.474. The minimum atomic E-state index is -0.870. The van der Waals surface area contributed by atoms with Gasteiger partial charge in [0.2, 0.25) is 12.7 Å². The van der Waals surface area contributed by atoms with Gasteiger partial charge in [0.1, 0.15) is 5.82 Å². The van der Waals surface area contributed by atoms with Crippen molar-refractivity contribution in [2.75, 3.05) is 30.5 Å². The van der Waals surface area contributed by atoms with Crippen LogP contribution in [-0.4, -0.2) is 35.0 Å². The zero-order chi connectivity index (χ0) is 18.7. The summed E-state index contributed by atoms with van der Waals surface area (Å²) < 4.78 is 10.7. The van der Waals surface area contributed by atoms with Crippen LogP contribution in [0.4, 0.5) is 11.8 Å². The molecule has 0 aliphatic carbocycles. The molecule has 3 N–H and O–H groups in total. The van der Waals surface area contributed by atoms with E-state index in [1.54, 1.807) is 0 Å². The average molecular weight is 358 g/mol. The molecule has 140 valence electrons. The lowest BCUT2D eigenvalue weighted by atomic mass is 9.84. The van der Waals surface area contributed by atoms with Crippen LogP contribution in [0.2, 0.25) is 0 Å². The van der Waals surface area contributed by atoms with Crippen LogP contribution < -0.4 is 20.1 Å². The van der Waals surface area contributed by atoms with Crippen molar-refractivity contribution in [2.45, 2.75) is 39.2 Å². The number of ether oxygens (including phenoxy) is 2. The molecule has 2 aromatic rings. The molecule has 1 saturated heterocycles. The molecular formula is C19H26N4O3. The van der Waals surface area contributed by atoms with Crippen LogP contribution in [0, 0.1) is 6.92 Å². The predicted molar refractivity (Wildman–Crippen MR) is 100 cm³/mol. The highest BCUT2D eigenvalue weighted by Gasteiger charge is 2.35. The maximum absolute atomic E-state index is 11.1. The van der Waals surface area contributed by atoms with Gasteiger partial charge in [-0.25, -0.2) is 4.98 Å². The first-order chi connectivity index (χ1) is 12.5. The predicted octanol–water partition coefficient (Wildman–Crippen LogP) is 2.61. The molecule has 7 heteroatoms. The molecule has 0 bridgehead atoms. The van der Waals surface area contributed by atoms with Crippen LogP contribution in [0.1, 0.15) is 37.9 Å². The summed E-state index contributed by atoms with van der Waals surface area (Å²) in [5.41, 5.74) is 6.58. The van der Waals surface area contributed by atoms with Gasteiger partial charge in [-0.1, -0.05) is 19.9 Å². The van der Waals surface area contributed by atoms with Crippen LogP contribution in [-0.2, 0) is 5.60 Å². The number of anilines is 2. The first-order valence-corrected chi connectivity index (χ1v) is 9.02. The topological polar surface area (TPSA) is 93.7 Å². The van der Waals surface area contributed by atoms with E-state index < -0.39 is 5.60 Å². The zero-order valence-corrected chi connectivity index (χ0v) is 15.5. The first kappa shape index (κ1) is 18.3. The Morgan fingerprint density at radius 3 is 2.46 bits per heavy atom. The molecule has 2 aliphatic rings. The molecule has 3 heterocycles. The number of fused-ring (bicyclic) bond motifs is 1. The molecule has 0 saturated carbocycles. The number of aryl methyl sites for hydroxylation is 1. The maximum Gasteiger partial charge on any atom is 0.231 e. The molecule has 26 heavy (non-hydrogen) atoms. The summed E-state index contributed by atoms with van der Waals surface area (Å²) in [5, 5.41) is 11.1. The second-order valence-electron chi connectivity index (χ2n) is 6.31. The lowest BCUT2D eigenvalue weighted by Gasteiger charge is -2.39. The summed E-state index contributed by atoms with van der Waals surface area (Å²) in [6, 6.07) is 7.57. The zero-order valence-electron chi connectivity index (χ0n) is 15.5. The Hall–Kier alpha value is -2.54. The van der Waals surface area contributed by atoms with Crippen molar-refractivity contribution in [1.29, 1.82) is 0 Å². The Morgan fingerprint density at radius 2 is 1.77 bits per heavy atom. The van der Waals surface area contributed by atoms with Crippen LogP contribution in [0.5, 0.6) is 11.5 Å². The van der Waals surface area contributed by atoms with Crippen molar-refractivity contribution in [3.8, 4) is 11.5 Å². The van der Waals surface area contributed by atoms with Crippen molar-refractivity contribution in [2.24, 2.45) is 0 Å². The van der Waals surface area contributed by atoms with Crippen molar-refractivity contribution in [3.05, 3.63) is 35.5 Å². The molecule has 0 radical (unpaired) electrons. The van der Waals surface area contributed by atoms with Crippen LogP contribution >= 0.6 is 0 Å². The largest absolute Gasteiger partial charge is 0.454 e. The minimum absolute atomic E-state index is 0.236. The van der Waals surface area contributed by atoms with Gasteiger partial charge in [0.25, 0.3) is 0 Å². The van der Waals surface area contributed by atoms with Crippen LogP contribution in [0.15, 0.2) is 24.3 Å². The molecule has 4 rings (SSSR count). The standard InChI is InChI=1S/C17H20N4O3.C2H6/c1-11-8-15(20-16(18)19-11)21-6-4-17(22,5-7-21)12-2-3-13-14(9-12)24-10-23-13;1-2/h2-3,8-9,22H,4-7,10H2,1H3,(H2,18,19,20);1-2H3. The number of piperidine rings is 1. The Labute approximate surface area is 153 Å². The molecule has 0 atom stereocenters. The third kappa shape index (κ3) is 3.53. The van der Waals surface area contributed by atoms with E-state index in [2.05, 4.69) is 14.9 Å². The van der Waals surface area contributed by atoms with Crippen LogP contribution in [0.3, 0.4) is 0 Å². The highest BCUT2D eigenvalue weighted by atomic mass is 16.7. The summed E-state index contributed by atoms with van der Waals surface area (Å²) in [4.78, 5) is 10.5. The number of rotatable bonds is 2. The Kier molecular flexibility index (Phi) is 5.18. The summed E-state index contributed by atoms with van der Waals surface area (Å²) in [7, 11) is 0. The molecule has 7 nitrogen and oxygen atoms in total. The lowest BCUT2D eigenvalue weighted by Crippen LogP contribution is -2.43. The highest BCUT2D eigenvalue weighted by Crippen LogP contribution is 2.40. The SMILES string of the molecule is CC.Cc1cc(N2CCC(O)(c3ccc4c(c3)OCO4)CC2)nc(N)n1. The Morgan fingerprint density at radius 1 is 1.08 bits per heavy atom. The van der Waals surface area contributed by atoms with Crippen molar-refractivity contribution >= 4 is 11.8 Å². The summed E-state index contributed by atoms with van der Waals surface area (Å²) in [6.07, 6.45) is 1.21. The van der Waals surface area contributed by atoms with Gasteiger partial charge >= 0.3 is 0 Å². The van der Waals surface area contributed by atoms with E-state index in [0.717, 1.165) is 22.8 Å². The van der Waals surface area contributed by atoms with Crippen molar-refractivity contribution in [1.82, 2.24) is 9.97 Å². The fourth-order valence-electron chi connectivity index (χ4n) is 3.32. The lowest BCUT2D eigenvalue weighted by molar-refractivity contribution is 0.0115. The van der Waals surface area contributed by atoms with Gasteiger partial charge in [-0.3, -0.25) is 0 Å².